The molecule has 154 valence electrons. The van der Waals surface area contributed by atoms with E-state index in [1.165, 1.54) is 28.4 Å². The molecule has 0 aliphatic heterocycles. The normalized spacial score (nSPS) is 11.7. The van der Waals surface area contributed by atoms with Crippen molar-refractivity contribution in [2.45, 2.75) is 25.3 Å². The van der Waals surface area contributed by atoms with Crippen molar-refractivity contribution in [2.24, 2.45) is 0 Å². The van der Waals surface area contributed by atoms with Gasteiger partial charge >= 0.3 is 0 Å². The lowest BCUT2D eigenvalue weighted by Gasteiger charge is -2.19. The van der Waals surface area contributed by atoms with Gasteiger partial charge in [0.05, 0.1) is 33.7 Å². The van der Waals surface area contributed by atoms with Gasteiger partial charge in [-0.3, -0.25) is 9.69 Å². The summed E-state index contributed by atoms with van der Waals surface area (Å²) in [5.74, 6) is 0.240. The second kappa shape index (κ2) is 8.04. The molecule has 4 rings (SSSR count). The monoisotopic (exact) mass is 440 g/mol. The van der Waals surface area contributed by atoms with E-state index in [1.54, 1.807) is 37.5 Å². The van der Waals surface area contributed by atoms with Crippen LogP contribution in [0.15, 0.2) is 70.2 Å². The molecule has 0 spiro atoms. The average molecular weight is 441 g/mol. The number of benzene rings is 2. The number of sulfone groups is 1. The van der Waals surface area contributed by atoms with Crippen molar-refractivity contribution in [1.82, 2.24) is 4.98 Å². The number of anilines is 1. The number of amides is 1. The Bertz CT molecular complexity index is 1310. The molecule has 2 aromatic carbocycles. The van der Waals surface area contributed by atoms with Crippen LogP contribution in [0.2, 0.25) is 0 Å². The fourth-order valence-electron chi connectivity index (χ4n) is 3.06. The van der Waals surface area contributed by atoms with Crippen LogP contribution in [0.5, 0.6) is 0 Å². The summed E-state index contributed by atoms with van der Waals surface area (Å²) in [5, 5.41) is 0.528. The number of thiazole rings is 1. The maximum Gasteiger partial charge on any atom is 0.260 e. The molecular weight excluding hydrogens is 420 g/mol. The smallest absolute Gasteiger partial charge is 0.260 e. The third kappa shape index (κ3) is 4.01. The van der Waals surface area contributed by atoms with Gasteiger partial charge in [0.15, 0.2) is 15.0 Å². The minimum atomic E-state index is -3.42. The number of nitrogens with zero attached hydrogens (tertiary/aromatic N) is 2. The van der Waals surface area contributed by atoms with Crippen LogP contribution in [0.3, 0.4) is 0 Å². The molecule has 2 aromatic heterocycles. The molecule has 0 atom stereocenters. The van der Waals surface area contributed by atoms with Crippen LogP contribution in [-0.2, 0) is 16.4 Å². The fraction of sp³-hybridized carbons (Fsp3) is 0.182. The Hall–Kier alpha value is -2.97. The van der Waals surface area contributed by atoms with Crippen LogP contribution in [0.1, 0.15) is 28.6 Å². The van der Waals surface area contributed by atoms with Gasteiger partial charge in [0.1, 0.15) is 5.76 Å². The topological polar surface area (TPSA) is 80.5 Å². The van der Waals surface area contributed by atoms with Gasteiger partial charge in [-0.05, 0) is 55.0 Å². The number of carbonyl (C=O) groups excluding carboxylic acids is 1. The minimum Gasteiger partial charge on any atom is -0.467 e. The summed E-state index contributed by atoms with van der Waals surface area (Å²) in [6.07, 6.45) is 1.55. The largest absolute Gasteiger partial charge is 0.467 e. The quantitative estimate of drug-likeness (QED) is 0.429. The molecule has 0 aliphatic rings. The summed E-state index contributed by atoms with van der Waals surface area (Å²) in [6, 6.07) is 15.6. The highest BCUT2D eigenvalue weighted by Crippen LogP contribution is 2.31. The van der Waals surface area contributed by atoms with Gasteiger partial charge in [0, 0.05) is 5.56 Å². The van der Waals surface area contributed by atoms with Gasteiger partial charge in [-0.1, -0.05) is 30.4 Å². The summed E-state index contributed by atoms with van der Waals surface area (Å²) in [6.45, 7) is 3.77. The van der Waals surface area contributed by atoms with Crippen molar-refractivity contribution < 1.29 is 17.6 Å². The van der Waals surface area contributed by atoms with Gasteiger partial charge < -0.3 is 4.42 Å². The van der Waals surface area contributed by atoms with Crippen molar-refractivity contribution in [1.29, 1.82) is 0 Å². The molecule has 1 amide bonds. The maximum atomic E-state index is 13.4. The highest BCUT2D eigenvalue weighted by atomic mass is 32.2. The highest BCUT2D eigenvalue weighted by molar-refractivity contribution is 7.91. The van der Waals surface area contributed by atoms with Gasteiger partial charge in [0.25, 0.3) is 5.91 Å². The van der Waals surface area contributed by atoms with Crippen LogP contribution in [0.4, 0.5) is 5.13 Å². The molecule has 0 fully saturated rings. The number of fused-ring (bicyclic) bond motifs is 1. The molecule has 0 bridgehead atoms. The molecular formula is C22H20N2O4S2. The Kier molecular flexibility index (Phi) is 5.44. The molecule has 4 aromatic rings. The van der Waals surface area contributed by atoms with Gasteiger partial charge in [0.2, 0.25) is 0 Å². The van der Waals surface area contributed by atoms with E-state index in [1.807, 2.05) is 25.1 Å². The van der Waals surface area contributed by atoms with Gasteiger partial charge in [-0.2, -0.15) is 0 Å². The van der Waals surface area contributed by atoms with Crippen LogP contribution in [0.25, 0.3) is 10.2 Å². The Balaban J connectivity index is 1.77. The Morgan fingerprint density at radius 2 is 1.97 bits per heavy atom. The van der Waals surface area contributed by atoms with Gasteiger partial charge in [-0.25, -0.2) is 13.4 Å². The molecule has 0 N–H and O–H groups in total. The number of aryl methyl sites for hydroxylation is 1. The molecule has 0 saturated heterocycles. The predicted octanol–water partition coefficient (Wildman–Crippen LogP) is 4.84. The highest BCUT2D eigenvalue weighted by Gasteiger charge is 2.24. The zero-order valence-corrected chi connectivity index (χ0v) is 18.2. The number of hydrogen-bond donors (Lipinski definition) is 0. The van der Waals surface area contributed by atoms with Crippen LogP contribution >= 0.6 is 11.3 Å². The zero-order chi connectivity index (χ0) is 21.3. The van der Waals surface area contributed by atoms with E-state index >= 15 is 0 Å². The fourth-order valence-corrected chi connectivity index (χ4v) is 5.05. The lowest BCUT2D eigenvalue weighted by Crippen LogP contribution is -2.30. The lowest BCUT2D eigenvalue weighted by molar-refractivity contribution is 0.0983. The molecule has 0 saturated carbocycles. The first-order valence-electron chi connectivity index (χ1n) is 9.41. The summed E-state index contributed by atoms with van der Waals surface area (Å²) < 4.78 is 31.0. The third-order valence-corrected chi connectivity index (χ3v) is 7.50. The van der Waals surface area contributed by atoms with E-state index < -0.39 is 9.84 Å². The lowest BCUT2D eigenvalue weighted by atomic mass is 10.2. The van der Waals surface area contributed by atoms with Crippen LogP contribution in [-0.4, -0.2) is 25.1 Å². The van der Waals surface area contributed by atoms with Crippen LogP contribution < -0.4 is 4.90 Å². The van der Waals surface area contributed by atoms with E-state index in [9.17, 15) is 13.2 Å². The molecule has 2 heterocycles. The molecule has 8 heteroatoms. The van der Waals surface area contributed by atoms with Crippen molar-refractivity contribution >= 4 is 42.4 Å². The van der Waals surface area contributed by atoms with Gasteiger partial charge in [-0.15, -0.1) is 0 Å². The first-order chi connectivity index (χ1) is 14.4. The second-order valence-corrected chi connectivity index (χ2v) is 10.2. The molecule has 30 heavy (non-hydrogen) atoms. The van der Waals surface area contributed by atoms with E-state index in [2.05, 4.69) is 4.98 Å². The number of hydrogen-bond acceptors (Lipinski definition) is 6. The number of carbonyl (C=O) groups is 1. The van der Waals surface area contributed by atoms with E-state index in [0.29, 0.717) is 10.9 Å². The van der Waals surface area contributed by atoms with E-state index in [-0.39, 0.29) is 28.7 Å². The van der Waals surface area contributed by atoms with Crippen LogP contribution in [0, 0.1) is 6.92 Å². The molecule has 0 radical (unpaired) electrons. The standard InChI is InChI=1S/C22H20N2O4S2/c1-3-30(26,27)18-8-4-6-16(13-18)21(25)24(14-17-7-5-11-28-17)22-23-19-10-9-15(2)12-20(19)29-22/h4-13H,3,14H2,1-2H3. The number of rotatable bonds is 6. The first-order valence-corrected chi connectivity index (χ1v) is 11.9. The average Bonchev–Trinajstić information content (AvgIpc) is 3.40. The van der Waals surface area contributed by atoms with Crippen molar-refractivity contribution in [2.75, 3.05) is 10.7 Å². The molecule has 0 aliphatic carbocycles. The minimum absolute atomic E-state index is 0.0298. The number of aromatic nitrogens is 1. The maximum absolute atomic E-state index is 13.4. The first kappa shape index (κ1) is 20.3. The number of furan rings is 1. The summed E-state index contributed by atoms with van der Waals surface area (Å²) in [4.78, 5) is 19.7. The third-order valence-electron chi connectivity index (χ3n) is 4.72. The zero-order valence-electron chi connectivity index (χ0n) is 16.5. The second-order valence-electron chi connectivity index (χ2n) is 6.87. The summed E-state index contributed by atoms with van der Waals surface area (Å²) in [7, 11) is -3.42. The molecule has 6 nitrogen and oxygen atoms in total. The van der Waals surface area contributed by atoms with E-state index in [4.69, 9.17) is 4.42 Å². The van der Waals surface area contributed by atoms with Crippen molar-refractivity contribution in [3.63, 3.8) is 0 Å². The summed E-state index contributed by atoms with van der Waals surface area (Å²) >= 11 is 1.41. The Morgan fingerprint density at radius 1 is 1.13 bits per heavy atom. The summed E-state index contributed by atoms with van der Waals surface area (Å²) in [5.41, 5.74) is 2.20. The van der Waals surface area contributed by atoms with E-state index in [0.717, 1.165) is 15.8 Å². The Morgan fingerprint density at radius 3 is 2.70 bits per heavy atom. The Labute approximate surface area is 178 Å². The van der Waals surface area contributed by atoms with Crippen molar-refractivity contribution in [3.8, 4) is 0 Å². The molecule has 0 unspecified atom stereocenters. The predicted molar refractivity (Wildman–Crippen MR) is 118 cm³/mol. The SMILES string of the molecule is CCS(=O)(=O)c1cccc(C(=O)N(Cc2ccco2)c2nc3ccc(C)cc3s2)c1. The van der Waals surface area contributed by atoms with Crippen molar-refractivity contribution in [3.05, 3.63) is 77.7 Å².